The van der Waals surface area contributed by atoms with Crippen LogP contribution < -0.4 is 5.32 Å². The number of nitro groups is 1. The number of anilines is 1. The Morgan fingerprint density at radius 1 is 1.33 bits per heavy atom. The molecule has 7 nitrogen and oxygen atoms in total. The predicted octanol–water partition coefficient (Wildman–Crippen LogP) is 3.09. The van der Waals surface area contributed by atoms with Gasteiger partial charge in [0.1, 0.15) is 5.82 Å². The third kappa shape index (κ3) is 3.56. The van der Waals surface area contributed by atoms with E-state index in [4.69, 9.17) is 0 Å². The lowest BCUT2D eigenvalue weighted by Crippen LogP contribution is -2.03. The highest BCUT2D eigenvalue weighted by Gasteiger charge is 2.19. The van der Waals surface area contributed by atoms with E-state index in [1.807, 2.05) is 6.92 Å². The molecule has 0 saturated carbocycles. The van der Waals surface area contributed by atoms with Crippen LogP contribution in [0.4, 0.5) is 11.5 Å². The van der Waals surface area contributed by atoms with Crippen LogP contribution in [0.25, 0.3) is 11.3 Å². The number of aromatic nitrogens is 3. The van der Waals surface area contributed by atoms with E-state index in [0.717, 1.165) is 25.9 Å². The lowest BCUT2D eigenvalue weighted by atomic mass is 10.2. The van der Waals surface area contributed by atoms with E-state index in [9.17, 15) is 10.1 Å². The highest BCUT2D eigenvalue weighted by molar-refractivity contribution is 5.70. The molecule has 2 heterocycles. The normalized spacial score (nSPS) is 10.6. The largest absolute Gasteiger partial charge is 0.370 e. The molecule has 0 spiro atoms. The number of hydrogen-bond donors (Lipinski definition) is 1. The van der Waals surface area contributed by atoms with E-state index in [1.54, 1.807) is 23.1 Å². The quantitative estimate of drug-likeness (QED) is 0.625. The summed E-state index contributed by atoms with van der Waals surface area (Å²) in [5, 5.41) is 18.5. The molecule has 0 amide bonds. The lowest BCUT2D eigenvalue weighted by Gasteiger charge is -2.06. The number of pyridine rings is 1. The molecule has 0 atom stereocenters. The summed E-state index contributed by atoms with van der Waals surface area (Å²) in [6.45, 7) is 5.66. The van der Waals surface area contributed by atoms with E-state index >= 15 is 0 Å². The first-order valence-electron chi connectivity index (χ1n) is 7.07. The molecule has 2 aromatic heterocycles. The molecule has 112 valence electrons. The van der Waals surface area contributed by atoms with Crippen LogP contribution in [0.5, 0.6) is 0 Å². The molecule has 0 saturated heterocycles. The monoisotopic (exact) mass is 289 g/mol. The fourth-order valence-electron chi connectivity index (χ4n) is 2.00. The van der Waals surface area contributed by atoms with Crippen molar-refractivity contribution < 1.29 is 4.92 Å². The molecule has 0 aromatic carbocycles. The smallest absolute Gasteiger partial charge is 0.295 e. The van der Waals surface area contributed by atoms with Crippen LogP contribution in [0.15, 0.2) is 24.5 Å². The SMILES string of the molecule is CCCNc1ccc([N+](=O)[O-])c(-c2cnn(CCC)c2)n1. The first kappa shape index (κ1) is 15.0. The molecule has 0 unspecified atom stereocenters. The zero-order valence-electron chi connectivity index (χ0n) is 12.2. The van der Waals surface area contributed by atoms with Gasteiger partial charge in [-0.2, -0.15) is 5.10 Å². The fourth-order valence-corrected chi connectivity index (χ4v) is 2.00. The van der Waals surface area contributed by atoms with Crippen molar-refractivity contribution in [2.24, 2.45) is 0 Å². The van der Waals surface area contributed by atoms with Gasteiger partial charge in [0.2, 0.25) is 0 Å². The predicted molar refractivity (Wildman–Crippen MR) is 81.2 cm³/mol. The Bertz CT molecular complexity index is 624. The molecule has 0 bridgehead atoms. The van der Waals surface area contributed by atoms with Gasteiger partial charge >= 0.3 is 0 Å². The Labute approximate surface area is 123 Å². The first-order valence-corrected chi connectivity index (χ1v) is 7.07. The Morgan fingerprint density at radius 3 is 2.81 bits per heavy atom. The summed E-state index contributed by atoms with van der Waals surface area (Å²) in [5.74, 6) is 0.640. The standard InChI is InChI=1S/C14H19N5O2/c1-3-7-15-13-6-5-12(19(20)21)14(17-13)11-9-16-18(10-11)8-4-2/h5-6,9-10H,3-4,7-8H2,1-2H3,(H,15,17). The summed E-state index contributed by atoms with van der Waals surface area (Å²) >= 11 is 0. The summed E-state index contributed by atoms with van der Waals surface area (Å²) in [6.07, 6.45) is 5.33. The van der Waals surface area contributed by atoms with Crippen molar-refractivity contribution in [3.63, 3.8) is 0 Å². The minimum atomic E-state index is -0.414. The zero-order chi connectivity index (χ0) is 15.2. The van der Waals surface area contributed by atoms with Gasteiger partial charge in [-0.3, -0.25) is 14.8 Å². The second-order valence-electron chi connectivity index (χ2n) is 4.74. The van der Waals surface area contributed by atoms with Gasteiger partial charge in [0.15, 0.2) is 5.69 Å². The summed E-state index contributed by atoms with van der Waals surface area (Å²) in [4.78, 5) is 15.1. The van der Waals surface area contributed by atoms with Gasteiger partial charge in [0, 0.05) is 30.9 Å². The van der Waals surface area contributed by atoms with Crippen molar-refractivity contribution in [3.05, 3.63) is 34.6 Å². The average molecular weight is 289 g/mol. The number of nitrogens with zero attached hydrogens (tertiary/aromatic N) is 4. The molecule has 1 N–H and O–H groups in total. The Balaban J connectivity index is 2.39. The first-order chi connectivity index (χ1) is 10.2. The van der Waals surface area contributed by atoms with E-state index in [0.29, 0.717) is 17.1 Å². The second kappa shape index (κ2) is 6.83. The molecule has 0 aliphatic heterocycles. The Hall–Kier alpha value is -2.44. The van der Waals surface area contributed by atoms with Gasteiger partial charge in [-0.25, -0.2) is 4.98 Å². The maximum atomic E-state index is 11.2. The summed E-state index contributed by atoms with van der Waals surface area (Å²) in [5.41, 5.74) is 1.01. The molecule has 0 radical (unpaired) electrons. The molecule has 21 heavy (non-hydrogen) atoms. The molecular weight excluding hydrogens is 270 g/mol. The molecule has 0 aliphatic rings. The molecule has 0 aliphatic carbocycles. The topological polar surface area (TPSA) is 85.9 Å². The fraction of sp³-hybridized carbons (Fsp3) is 0.429. The van der Waals surface area contributed by atoms with Crippen LogP contribution in [-0.2, 0) is 6.54 Å². The van der Waals surface area contributed by atoms with Crippen LogP contribution in [0.2, 0.25) is 0 Å². The number of nitrogens with one attached hydrogen (secondary N) is 1. The summed E-state index contributed by atoms with van der Waals surface area (Å²) in [7, 11) is 0. The average Bonchev–Trinajstić information content (AvgIpc) is 2.93. The van der Waals surface area contributed by atoms with Crippen LogP contribution in [0, 0.1) is 10.1 Å². The Morgan fingerprint density at radius 2 is 2.14 bits per heavy atom. The van der Waals surface area contributed by atoms with E-state index < -0.39 is 4.92 Å². The van der Waals surface area contributed by atoms with Crippen molar-refractivity contribution in [2.45, 2.75) is 33.2 Å². The molecular formula is C14H19N5O2. The van der Waals surface area contributed by atoms with Crippen molar-refractivity contribution in [2.75, 3.05) is 11.9 Å². The van der Waals surface area contributed by atoms with Crippen LogP contribution in [0.3, 0.4) is 0 Å². The number of aryl methyl sites for hydroxylation is 1. The van der Waals surface area contributed by atoms with Crippen molar-refractivity contribution in [3.8, 4) is 11.3 Å². The van der Waals surface area contributed by atoms with Gasteiger partial charge < -0.3 is 5.32 Å². The molecule has 7 heteroatoms. The van der Waals surface area contributed by atoms with Gasteiger partial charge in [-0.1, -0.05) is 13.8 Å². The summed E-state index contributed by atoms with van der Waals surface area (Å²) in [6, 6.07) is 3.12. The van der Waals surface area contributed by atoms with E-state index in [2.05, 4.69) is 22.3 Å². The number of rotatable bonds is 7. The van der Waals surface area contributed by atoms with Crippen LogP contribution in [-0.4, -0.2) is 26.2 Å². The highest BCUT2D eigenvalue weighted by atomic mass is 16.6. The van der Waals surface area contributed by atoms with Gasteiger partial charge in [-0.05, 0) is 18.9 Å². The molecule has 0 fully saturated rings. The summed E-state index contributed by atoms with van der Waals surface area (Å²) < 4.78 is 1.77. The van der Waals surface area contributed by atoms with Crippen LogP contribution >= 0.6 is 0 Å². The van der Waals surface area contributed by atoms with E-state index in [-0.39, 0.29) is 5.69 Å². The third-order valence-electron chi connectivity index (χ3n) is 2.99. The van der Waals surface area contributed by atoms with Gasteiger partial charge in [0.25, 0.3) is 5.69 Å². The second-order valence-corrected chi connectivity index (χ2v) is 4.74. The van der Waals surface area contributed by atoms with Gasteiger partial charge in [0.05, 0.1) is 11.1 Å². The minimum absolute atomic E-state index is 0.00639. The molecule has 2 aromatic rings. The van der Waals surface area contributed by atoms with Crippen molar-refractivity contribution in [1.29, 1.82) is 0 Å². The lowest BCUT2D eigenvalue weighted by molar-refractivity contribution is -0.384. The maximum absolute atomic E-state index is 11.2. The van der Waals surface area contributed by atoms with Gasteiger partial charge in [-0.15, -0.1) is 0 Å². The third-order valence-corrected chi connectivity index (χ3v) is 2.99. The minimum Gasteiger partial charge on any atom is -0.370 e. The van der Waals surface area contributed by atoms with Crippen LogP contribution in [0.1, 0.15) is 26.7 Å². The van der Waals surface area contributed by atoms with E-state index in [1.165, 1.54) is 6.07 Å². The highest BCUT2D eigenvalue weighted by Crippen LogP contribution is 2.29. The zero-order valence-corrected chi connectivity index (χ0v) is 12.2. The number of hydrogen-bond acceptors (Lipinski definition) is 5. The van der Waals surface area contributed by atoms with Crippen molar-refractivity contribution in [1.82, 2.24) is 14.8 Å². The Kier molecular flexibility index (Phi) is 4.86. The molecule has 2 rings (SSSR count). The maximum Gasteiger partial charge on any atom is 0.295 e. The van der Waals surface area contributed by atoms with Crippen molar-refractivity contribution >= 4 is 11.5 Å².